The van der Waals surface area contributed by atoms with Crippen molar-refractivity contribution < 1.29 is 14.3 Å². The summed E-state index contributed by atoms with van der Waals surface area (Å²) in [6.07, 6.45) is 5.74. The van der Waals surface area contributed by atoms with Gasteiger partial charge in [0, 0.05) is 33.3 Å². The molecule has 154 valence electrons. The maximum Gasteiger partial charge on any atom is 0.332 e. The molecule has 2 aromatic heterocycles. The maximum absolute atomic E-state index is 13.0. The molecule has 0 saturated heterocycles. The molecule has 0 unspecified atom stereocenters. The summed E-state index contributed by atoms with van der Waals surface area (Å²) >= 11 is 0. The quantitative estimate of drug-likeness (QED) is 0.749. The molecule has 0 fully saturated rings. The first kappa shape index (κ1) is 20.5. The second kappa shape index (κ2) is 8.04. The molecule has 1 aliphatic carbocycles. The van der Waals surface area contributed by atoms with Crippen LogP contribution in [0, 0.1) is 0 Å². The summed E-state index contributed by atoms with van der Waals surface area (Å²) in [4.78, 5) is 49.3. The van der Waals surface area contributed by atoms with Crippen molar-refractivity contribution in [3.05, 3.63) is 56.4 Å². The van der Waals surface area contributed by atoms with E-state index in [-0.39, 0.29) is 28.8 Å². The van der Waals surface area contributed by atoms with Crippen LogP contribution in [0.25, 0.3) is 11.0 Å². The van der Waals surface area contributed by atoms with Crippen molar-refractivity contribution in [3.63, 3.8) is 0 Å². The minimum Gasteiger partial charge on any atom is -0.383 e. The molecular formula is C20H24N4O5. The predicted octanol–water partition coefficient (Wildman–Crippen LogP) is 0.259. The third kappa shape index (κ3) is 3.73. The van der Waals surface area contributed by atoms with E-state index in [4.69, 9.17) is 4.74 Å². The molecule has 1 aliphatic rings. The Morgan fingerprint density at radius 1 is 1.24 bits per heavy atom. The van der Waals surface area contributed by atoms with Gasteiger partial charge in [0.15, 0.2) is 5.78 Å². The molecule has 1 N–H and O–H groups in total. The van der Waals surface area contributed by atoms with Gasteiger partial charge in [-0.3, -0.25) is 23.5 Å². The average molecular weight is 400 g/mol. The Hall–Kier alpha value is -3.20. The lowest BCUT2D eigenvalue weighted by Gasteiger charge is -2.18. The van der Waals surface area contributed by atoms with Crippen molar-refractivity contribution in [3.8, 4) is 0 Å². The molecular weight excluding hydrogens is 376 g/mol. The molecule has 0 bridgehead atoms. The summed E-state index contributed by atoms with van der Waals surface area (Å²) < 4.78 is 9.13. The molecule has 29 heavy (non-hydrogen) atoms. The van der Waals surface area contributed by atoms with Crippen LogP contribution in [0.1, 0.15) is 23.8 Å². The van der Waals surface area contributed by atoms with Gasteiger partial charge in [0.05, 0.1) is 18.0 Å². The highest BCUT2D eigenvalue weighted by Gasteiger charge is 2.23. The number of allylic oxidation sites excluding steroid dienone is 2. The van der Waals surface area contributed by atoms with Crippen molar-refractivity contribution >= 4 is 22.7 Å². The standard InChI is InChI=1S/C20H24N4O5/c1-12(25)13-5-7-14(8-6-13)21-17(26)16-11-15-18(24(16)9-10-29-4)22(2)20(28)23(3)19(15)27/h5-7,11,14H,8-10H2,1-4H3,(H,21,26)/t14-/m1/s1. The van der Waals surface area contributed by atoms with E-state index in [0.717, 1.165) is 4.57 Å². The number of carbonyl (C=O) groups is 2. The van der Waals surface area contributed by atoms with Gasteiger partial charge in [-0.05, 0) is 19.4 Å². The summed E-state index contributed by atoms with van der Waals surface area (Å²) in [5, 5.41) is 3.19. The topological polar surface area (TPSA) is 104 Å². The van der Waals surface area contributed by atoms with Crippen LogP contribution in [0.5, 0.6) is 0 Å². The van der Waals surface area contributed by atoms with Gasteiger partial charge in [-0.1, -0.05) is 18.2 Å². The highest BCUT2D eigenvalue weighted by atomic mass is 16.5. The van der Waals surface area contributed by atoms with Gasteiger partial charge in [0.2, 0.25) is 0 Å². The number of methoxy groups -OCH3 is 1. The number of amides is 1. The number of fused-ring (bicyclic) bond motifs is 1. The van der Waals surface area contributed by atoms with Crippen LogP contribution in [0.2, 0.25) is 0 Å². The summed E-state index contributed by atoms with van der Waals surface area (Å²) in [5.74, 6) is -0.399. The number of hydrogen-bond acceptors (Lipinski definition) is 5. The summed E-state index contributed by atoms with van der Waals surface area (Å²) in [6.45, 7) is 2.10. The molecule has 9 heteroatoms. The number of hydrogen-bond donors (Lipinski definition) is 1. The molecule has 0 aromatic carbocycles. The Morgan fingerprint density at radius 3 is 2.55 bits per heavy atom. The van der Waals surface area contributed by atoms with Crippen LogP contribution in [0.3, 0.4) is 0 Å². The fourth-order valence-corrected chi connectivity index (χ4v) is 3.47. The number of rotatable bonds is 6. The first-order chi connectivity index (χ1) is 13.8. The highest BCUT2D eigenvalue weighted by molar-refractivity contribution is 5.99. The number of nitrogens with zero attached hydrogens (tertiary/aromatic N) is 3. The Morgan fingerprint density at radius 2 is 1.97 bits per heavy atom. The van der Waals surface area contributed by atoms with Gasteiger partial charge in [0.1, 0.15) is 11.3 Å². The molecule has 2 heterocycles. The smallest absolute Gasteiger partial charge is 0.332 e. The van der Waals surface area contributed by atoms with E-state index < -0.39 is 11.2 Å². The minimum atomic E-state index is -0.469. The normalized spacial score (nSPS) is 16.1. The molecule has 1 amide bonds. The number of Topliss-reactive ketones (excluding diaryl/α,β-unsaturated/α-hetero) is 1. The van der Waals surface area contributed by atoms with Crippen LogP contribution < -0.4 is 16.6 Å². The van der Waals surface area contributed by atoms with Crippen molar-refractivity contribution in [2.45, 2.75) is 25.9 Å². The van der Waals surface area contributed by atoms with Crippen LogP contribution in [0.4, 0.5) is 0 Å². The van der Waals surface area contributed by atoms with Gasteiger partial charge in [-0.2, -0.15) is 0 Å². The molecule has 1 atom stereocenters. The van der Waals surface area contributed by atoms with Crippen molar-refractivity contribution in [1.29, 1.82) is 0 Å². The molecule has 2 aromatic rings. The van der Waals surface area contributed by atoms with E-state index in [1.54, 1.807) is 29.8 Å². The molecule has 3 rings (SSSR count). The lowest BCUT2D eigenvalue weighted by molar-refractivity contribution is -0.113. The molecule has 0 spiro atoms. The van der Waals surface area contributed by atoms with Crippen LogP contribution in [0.15, 0.2) is 39.5 Å². The van der Waals surface area contributed by atoms with E-state index in [1.165, 1.54) is 31.7 Å². The lowest BCUT2D eigenvalue weighted by atomic mass is 10.0. The van der Waals surface area contributed by atoms with Crippen molar-refractivity contribution in [1.82, 2.24) is 19.0 Å². The fraction of sp³-hybridized carbons (Fsp3) is 0.400. The van der Waals surface area contributed by atoms with Gasteiger partial charge < -0.3 is 14.6 Å². The second-order valence-corrected chi connectivity index (χ2v) is 7.01. The number of carbonyl (C=O) groups excluding carboxylic acids is 2. The summed E-state index contributed by atoms with van der Waals surface area (Å²) in [6, 6.07) is 1.23. The summed E-state index contributed by atoms with van der Waals surface area (Å²) in [7, 11) is 4.50. The largest absolute Gasteiger partial charge is 0.383 e. The highest BCUT2D eigenvalue weighted by Crippen LogP contribution is 2.17. The third-order valence-electron chi connectivity index (χ3n) is 5.07. The first-order valence-corrected chi connectivity index (χ1v) is 9.24. The van der Waals surface area contributed by atoms with E-state index in [2.05, 4.69) is 5.32 Å². The van der Waals surface area contributed by atoms with Gasteiger partial charge in [-0.15, -0.1) is 0 Å². The lowest BCUT2D eigenvalue weighted by Crippen LogP contribution is -2.37. The monoisotopic (exact) mass is 400 g/mol. The number of aromatic nitrogens is 3. The SMILES string of the molecule is COCCn1c(C(=O)N[C@@H]2C=CC(C(C)=O)=CC2)cc2c(=O)n(C)c(=O)n(C)c21. The Bertz CT molecular complexity index is 1160. The van der Waals surface area contributed by atoms with Crippen molar-refractivity contribution in [2.24, 2.45) is 14.1 Å². The molecule has 0 radical (unpaired) electrons. The van der Waals surface area contributed by atoms with Crippen LogP contribution >= 0.6 is 0 Å². The molecule has 0 aliphatic heterocycles. The van der Waals surface area contributed by atoms with Crippen LogP contribution in [-0.4, -0.2) is 45.2 Å². The zero-order valence-electron chi connectivity index (χ0n) is 16.9. The van der Waals surface area contributed by atoms with Crippen LogP contribution in [-0.2, 0) is 30.2 Å². The third-order valence-corrected chi connectivity index (χ3v) is 5.07. The van der Waals surface area contributed by atoms with E-state index in [9.17, 15) is 19.2 Å². The van der Waals surface area contributed by atoms with E-state index in [0.29, 0.717) is 30.8 Å². The second-order valence-electron chi connectivity index (χ2n) is 7.01. The zero-order valence-corrected chi connectivity index (χ0v) is 16.9. The number of aryl methyl sites for hydroxylation is 1. The van der Waals surface area contributed by atoms with E-state index in [1.807, 2.05) is 0 Å². The zero-order chi connectivity index (χ0) is 21.3. The fourth-order valence-electron chi connectivity index (χ4n) is 3.47. The predicted molar refractivity (Wildman–Crippen MR) is 108 cm³/mol. The molecule has 0 saturated carbocycles. The Labute approximate surface area is 166 Å². The van der Waals surface area contributed by atoms with Gasteiger partial charge in [0.25, 0.3) is 11.5 Å². The van der Waals surface area contributed by atoms with Crippen molar-refractivity contribution in [2.75, 3.05) is 13.7 Å². The number of ether oxygens (including phenoxy) is 1. The maximum atomic E-state index is 13.0. The Kier molecular flexibility index (Phi) is 5.69. The van der Waals surface area contributed by atoms with Gasteiger partial charge >= 0.3 is 5.69 Å². The first-order valence-electron chi connectivity index (χ1n) is 9.24. The summed E-state index contributed by atoms with van der Waals surface area (Å²) in [5.41, 5.74) is 0.329. The number of nitrogens with one attached hydrogen (secondary N) is 1. The van der Waals surface area contributed by atoms with E-state index >= 15 is 0 Å². The number of ketones is 1. The molecule has 9 nitrogen and oxygen atoms in total. The Balaban J connectivity index is 2.01. The average Bonchev–Trinajstić information content (AvgIpc) is 3.09. The van der Waals surface area contributed by atoms with Gasteiger partial charge in [-0.25, -0.2) is 4.79 Å². The minimum absolute atomic E-state index is 0.0255.